The Morgan fingerprint density at radius 2 is 1.79 bits per heavy atom. The highest BCUT2D eigenvalue weighted by molar-refractivity contribution is 6.32. The predicted octanol–water partition coefficient (Wildman–Crippen LogP) is 1.54. The van der Waals surface area contributed by atoms with E-state index in [4.69, 9.17) is 16.3 Å². The van der Waals surface area contributed by atoms with Crippen LogP contribution in [-0.2, 0) is 9.59 Å². The van der Waals surface area contributed by atoms with Gasteiger partial charge in [-0.25, -0.2) is 0 Å². The smallest absolute Gasteiger partial charge is 0.260 e. The van der Waals surface area contributed by atoms with Crippen LogP contribution in [0, 0.1) is 6.92 Å². The van der Waals surface area contributed by atoms with E-state index >= 15 is 0 Å². The van der Waals surface area contributed by atoms with Crippen molar-refractivity contribution in [3.8, 4) is 5.75 Å². The lowest BCUT2D eigenvalue weighted by Gasteiger charge is -2.40. The van der Waals surface area contributed by atoms with Crippen molar-refractivity contribution in [2.75, 3.05) is 45.9 Å². The molecule has 1 aromatic carbocycles. The van der Waals surface area contributed by atoms with Gasteiger partial charge in [0.15, 0.2) is 6.61 Å². The maximum Gasteiger partial charge on any atom is 0.260 e. The van der Waals surface area contributed by atoms with Gasteiger partial charge >= 0.3 is 0 Å². The fourth-order valence-electron chi connectivity index (χ4n) is 4.07. The minimum atomic E-state index is -0.483. The van der Waals surface area contributed by atoms with Crippen LogP contribution in [-0.4, -0.2) is 89.6 Å². The summed E-state index contributed by atoms with van der Waals surface area (Å²) in [5.74, 6) is 0.504. The lowest BCUT2D eigenvalue weighted by atomic mass is 10.0. The van der Waals surface area contributed by atoms with Crippen molar-refractivity contribution < 1.29 is 19.4 Å². The predicted molar refractivity (Wildman–Crippen MR) is 111 cm³/mol. The maximum atomic E-state index is 12.6. The number of halogens is 1. The van der Waals surface area contributed by atoms with E-state index in [-0.39, 0.29) is 24.5 Å². The number of nitrogens with zero attached hydrogens (tertiary/aromatic N) is 3. The number of hydrogen-bond donors (Lipinski definition) is 1. The first-order chi connectivity index (χ1) is 13.8. The van der Waals surface area contributed by atoms with Crippen molar-refractivity contribution in [1.29, 1.82) is 0 Å². The Hall–Kier alpha value is -1.83. The van der Waals surface area contributed by atoms with Gasteiger partial charge in [0, 0.05) is 52.2 Å². The fraction of sp³-hybridized carbons (Fsp3) is 0.619. The van der Waals surface area contributed by atoms with Gasteiger partial charge in [-0.1, -0.05) is 17.7 Å². The second kappa shape index (κ2) is 9.78. The average molecular weight is 424 g/mol. The Labute approximate surface area is 177 Å². The summed E-state index contributed by atoms with van der Waals surface area (Å²) in [5.41, 5.74) is 1.02. The fourth-order valence-corrected chi connectivity index (χ4v) is 4.24. The van der Waals surface area contributed by atoms with E-state index < -0.39 is 6.10 Å². The van der Waals surface area contributed by atoms with Gasteiger partial charge in [-0.05, 0) is 37.5 Å². The SMILES string of the molecule is CC(=O)N1CCN([C@H]2CCN(C(=O)COc3cc(C)ccc3Cl)CC[C@@H]2O)CC1. The lowest BCUT2D eigenvalue weighted by molar-refractivity contribution is -0.133. The second-order valence-electron chi connectivity index (χ2n) is 7.86. The van der Waals surface area contributed by atoms with Gasteiger partial charge in [0.25, 0.3) is 5.91 Å². The summed E-state index contributed by atoms with van der Waals surface area (Å²) < 4.78 is 5.64. The molecule has 7 nitrogen and oxygen atoms in total. The number of likely N-dealkylation sites (tertiary alicyclic amines) is 1. The van der Waals surface area contributed by atoms with E-state index in [1.165, 1.54) is 0 Å². The molecule has 1 N–H and O–H groups in total. The Kier molecular flexibility index (Phi) is 7.38. The molecule has 2 heterocycles. The molecule has 0 spiro atoms. The van der Waals surface area contributed by atoms with Crippen LogP contribution < -0.4 is 4.74 Å². The highest BCUT2D eigenvalue weighted by Gasteiger charge is 2.33. The molecule has 0 bridgehead atoms. The summed E-state index contributed by atoms with van der Waals surface area (Å²) in [7, 11) is 0. The molecular weight excluding hydrogens is 394 g/mol. The molecule has 2 amide bonds. The van der Waals surface area contributed by atoms with Crippen LogP contribution in [0.4, 0.5) is 0 Å². The lowest BCUT2D eigenvalue weighted by Crippen LogP contribution is -2.54. The molecule has 2 saturated heterocycles. The quantitative estimate of drug-likeness (QED) is 0.795. The van der Waals surface area contributed by atoms with E-state index in [0.717, 1.165) is 18.7 Å². The third-order valence-corrected chi connectivity index (χ3v) is 6.17. The summed E-state index contributed by atoms with van der Waals surface area (Å²) in [5, 5.41) is 11.1. The zero-order valence-corrected chi connectivity index (χ0v) is 17.9. The highest BCUT2D eigenvalue weighted by Crippen LogP contribution is 2.25. The van der Waals surface area contributed by atoms with Gasteiger partial charge in [0.1, 0.15) is 5.75 Å². The van der Waals surface area contributed by atoms with E-state index in [0.29, 0.717) is 49.8 Å². The molecule has 1 aromatic rings. The van der Waals surface area contributed by atoms with Gasteiger partial charge in [-0.2, -0.15) is 0 Å². The van der Waals surface area contributed by atoms with E-state index in [9.17, 15) is 14.7 Å². The summed E-state index contributed by atoms with van der Waals surface area (Å²) in [6.45, 7) is 7.44. The molecule has 2 aliphatic rings. The zero-order valence-electron chi connectivity index (χ0n) is 17.1. The zero-order chi connectivity index (χ0) is 21.0. The van der Waals surface area contributed by atoms with Crippen LogP contribution in [0.3, 0.4) is 0 Å². The Balaban J connectivity index is 1.52. The topological polar surface area (TPSA) is 73.3 Å². The number of ether oxygens (including phenoxy) is 1. The first-order valence-electron chi connectivity index (χ1n) is 10.2. The summed E-state index contributed by atoms with van der Waals surface area (Å²) >= 11 is 6.13. The van der Waals surface area contributed by atoms with Crippen LogP contribution in [0.25, 0.3) is 0 Å². The van der Waals surface area contributed by atoms with Crippen molar-refractivity contribution in [1.82, 2.24) is 14.7 Å². The van der Waals surface area contributed by atoms with Gasteiger partial charge in [0.2, 0.25) is 5.91 Å². The maximum absolute atomic E-state index is 12.6. The number of aliphatic hydroxyl groups is 1. The molecule has 0 radical (unpaired) electrons. The first-order valence-corrected chi connectivity index (χ1v) is 10.6. The number of rotatable bonds is 4. The molecule has 2 aliphatic heterocycles. The summed E-state index contributed by atoms with van der Waals surface area (Å²) in [6, 6.07) is 5.48. The molecule has 29 heavy (non-hydrogen) atoms. The number of piperazine rings is 1. The van der Waals surface area contributed by atoms with Gasteiger partial charge in [-0.3, -0.25) is 14.5 Å². The van der Waals surface area contributed by atoms with Crippen LogP contribution in [0.1, 0.15) is 25.3 Å². The average Bonchev–Trinajstić information content (AvgIpc) is 2.90. The van der Waals surface area contributed by atoms with Crippen molar-refractivity contribution in [2.45, 2.75) is 38.8 Å². The molecule has 160 valence electrons. The van der Waals surface area contributed by atoms with Crippen LogP contribution in [0.15, 0.2) is 18.2 Å². The number of aliphatic hydroxyl groups excluding tert-OH is 1. The van der Waals surface area contributed by atoms with Crippen LogP contribution >= 0.6 is 11.6 Å². The first kappa shape index (κ1) is 21.9. The number of benzene rings is 1. The van der Waals surface area contributed by atoms with Crippen LogP contribution in [0.2, 0.25) is 5.02 Å². The van der Waals surface area contributed by atoms with Crippen LogP contribution in [0.5, 0.6) is 5.75 Å². The van der Waals surface area contributed by atoms with Crippen molar-refractivity contribution in [2.24, 2.45) is 0 Å². The van der Waals surface area contributed by atoms with Gasteiger partial charge in [0.05, 0.1) is 11.1 Å². The number of amides is 2. The molecule has 0 aromatic heterocycles. The third kappa shape index (κ3) is 5.62. The molecular formula is C21H30ClN3O4. The highest BCUT2D eigenvalue weighted by atomic mass is 35.5. The van der Waals surface area contributed by atoms with Crippen molar-refractivity contribution >= 4 is 23.4 Å². The van der Waals surface area contributed by atoms with Crippen molar-refractivity contribution in [3.05, 3.63) is 28.8 Å². The summed E-state index contributed by atoms with van der Waals surface area (Å²) in [6.07, 6.45) is 0.760. The third-order valence-electron chi connectivity index (χ3n) is 5.85. The van der Waals surface area contributed by atoms with E-state index in [1.54, 1.807) is 17.9 Å². The molecule has 8 heteroatoms. The number of carbonyl (C=O) groups is 2. The minimum Gasteiger partial charge on any atom is -0.482 e. The molecule has 2 atom stereocenters. The second-order valence-corrected chi connectivity index (χ2v) is 8.26. The van der Waals surface area contributed by atoms with E-state index in [1.807, 2.05) is 24.0 Å². The molecule has 0 unspecified atom stereocenters. The Bertz CT molecular complexity index is 737. The van der Waals surface area contributed by atoms with Gasteiger partial charge in [-0.15, -0.1) is 0 Å². The molecule has 2 fully saturated rings. The largest absolute Gasteiger partial charge is 0.482 e. The number of aryl methyl sites for hydroxylation is 1. The number of carbonyl (C=O) groups excluding carboxylic acids is 2. The Morgan fingerprint density at radius 3 is 2.48 bits per heavy atom. The monoisotopic (exact) mass is 423 g/mol. The minimum absolute atomic E-state index is 0.00837. The molecule has 0 saturated carbocycles. The molecule has 0 aliphatic carbocycles. The molecule has 3 rings (SSSR count). The number of hydrogen-bond acceptors (Lipinski definition) is 5. The van der Waals surface area contributed by atoms with E-state index in [2.05, 4.69) is 4.90 Å². The summed E-state index contributed by atoms with van der Waals surface area (Å²) in [4.78, 5) is 30.0. The van der Waals surface area contributed by atoms with Crippen molar-refractivity contribution in [3.63, 3.8) is 0 Å². The Morgan fingerprint density at radius 1 is 1.10 bits per heavy atom. The van der Waals surface area contributed by atoms with Gasteiger partial charge < -0.3 is 19.6 Å². The normalized spacial score (nSPS) is 23.6. The standard InChI is InChI=1S/C21H30ClN3O4/c1-15-3-4-17(22)20(13-15)29-14-21(28)25-7-5-18(19(27)6-8-25)24-11-9-23(10-12-24)16(2)26/h3-4,13,18-19,27H,5-12,14H2,1-2H3/t18-,19-/m0/s1.